The Morgan fingerprint density at radius 3 is 2.77 bits per heavy atom. The number of nitrogens with one attached hydrogen (secondary N) is 2. The molecule has 0 bridgehead atoms. The zero-order valence-electron chi connectivity index (χ0n) is 14.9. The van der Waals surface area contributed by atoms with Gasteiger partial charge in [-0.1, -0.05) is 30.9 Å². The molecule has 0 aliphatic carbocycles. The van der Waals surface area contributed by atoms with Crippen LogP contribution in [0.3, 0.4) is 0 Å². The SMILES string of the molecule is C=CCOc1ccccc1NC(=O)CNc1cccc(OCCOC)c1. The molecule has 0 spiro atoms. The van der Waals surface area contributed by atoms with E-state index in [-0.39, 0.29) is 12.5 Å². The largest absolute Gasteiger partial charge is 0.491 e. The van der Waals surface area contributed by atoms with E-state index in [9.17, 15) is 4.79 Å². The van der Waals surface area contributed by atoms with Gasteiger partial charge < -0.3 is 24.8 Å². The van der Waals surface area contributed by atoms with Crippen LogP contribution in [0.1, 0.15) is 0 Å². The third-order valence-corrected chi connectivity index (χ3v) is 3.36. The summed E-state index contributed by atoms with van der Waals surface area (Å²) in [7, 11) is 1.63. The topological polar surface area (TPSA) is 68.8 Å². The minimum atomic E-state index is -0.176. The normalized spacial score (nSPS) is 10.0. The fraction of sp³-hybridized carbons (Fsp3) is 0.250. The van der Waals surface area contributed by atoms with Crippen molar-refractivity contribution in [1.29, 1.82) is 0 Å². The number of benzene rings is 2. The Morgan fingerprint density at radius 1 is 1.12 bits per heavy atom. The van der Waals surface area contributed by atoms with Gasteiger partial charge in [0.05, 0.1) is 18.8 Å². The average Bonchev–Trinajstić information content (AvgIpc) is 2.66. The maximum atomic E-state index is 12.2. The second kappa shape index (κ2) is 10.8. The lowest BCUT2D eigenvalue weighted by Crippen LogP contribution is -2.22. The molecular formula is C20H24N2O4. The maximum Gasteiger partial charge on any atom is 0.243 e. The molecule has 0 aromatic heterocycles. The highest BCUT2D eigenvalue weighted by atomic mass is 16.5. The maximum absolute atomic E-state index is 12.2. The predicted molar refractivity (Wildman–Crippen MR) is 103 cm³/mol. The number of anilines is 2. The number of hydrogen-bond donors (Lipinski definition) is 2. The summed E-state index contributed by atoms with van der Waals surface area (Å²) in [6.45, 7) is 5.11. The molecule has 0 aliphatic heterocycles. The quantitative estimate of drug-likeness (QED) is 0.477. The van der Waals surface area contributed by atoms with Crippen LogP contribution < -0.4 is 20.1 Å². The van der Waals surface area contributed by atoms with Crippen molar-refractivity contribution in [3.8, 4) is 11.5 Å². The van der Waals surface area contributed by atoms with E-state index in [0.29, 0.717) is 31.3 Å². The second-order valence-electron chi connectivity index (χ2n) is 5.37. The molecule has 1 amide bonds. The first kappa shape index (κ1) is 19.3. The molecule has 0 heterocycles. The Bertz CT molecular complexity index is 718. The number of hydrogen-bond acceptors (Lipinski definition) is 5. The molecule has 2 N–H and O–H groups in total. The van der Waals surface area contributed by atoms with Crippen LogP contribution in [0.2, 0.25) is 0 Å². The van der Waals surface area contributed by atoms with Crippen molar-refractivity contribution >= 4 is 17.3 Å². The molecule has 6 nitrogen and oxygen atoms in total. The number of para-hydroxylation sites is 2. The Morgan fingerprint density at radius 2 is 1.96 bits per heavy atom. The van der Waals surface area contributed by atoms with Crippen LogP contribution in [0.4, 0.5) is 11.4 Å². The molecule has 138 valence electrons. The Hall–Kier alpha value is -2.99. The highest BCUT2D eigenvalue weighted by molar-refractivity contribution is 5.95. The molecule has 0 radical (unpaired) electrons. The van der Waals surface area contributed by atoms with Gasteiger partial charge in [0.1, 0.15) is 24.7 Å². The molecule has 2 aromatic carbocycles. The number of carbonyl (C=O) groups excluding carboxylic acids is 1. The van der Waals surface area contributed by atoms with E-state index in [1.54, 1.807) is 25.3 Å². The van der Waals surface area contributed by atoms with Crippen molar-refractivity contribution in [1.82, 2.24) is 0 Å². The molecule has 0 fully saturated rings. The second-order valence-corrected chi connectivity index (χ2v) is 5.37. The number of methoxy groups -OCH3 is 1. The zero-order chi connectivity index (χ0) is 18.6. The summed E-state index contributed by atoms with van der Waals surface area (Å²) in [6.07, 6.45) is 1.65. The summed E-state index contributed by atoms with van der Waals surface area (Å²) >= 11 is 0. The van der Waals surface area contributed by atoms with Crippen molar-refractivity contribution < 1.29 is 19.0 Å². The predicted octanol–water partition coefficient (Wildman–Crippen LogP) is 3.33. The van der Waals surface area contributed by atoms with Crippen molar-refractivity contribution in [2.45, 2.75) is 0 Å². The van der Waals surface area contributed by atoms with Gasteiger partial charge in [-0.3, -0.25) is 4.79 Å². The van der Waals surface area contributed by atoms with Gasteiger partial charge in [0, 0.05) is 18.9 Å². The number of amides is 1. The van der Waals surface area contributed by atoms with Gasteiger partial charge >= 0.3 is 0 Å². The molecular weight excluding hydrogens is 332 g/mol. The zero-order valence-corrected chi connectivity index (χ0v) is 14.9. The summed E-state index contributed by atoms with van der Waals surface area (Å²) in [6, 6.07) is 14.7. The minimum Gasteiger partial charge on any atom is -0.491 e. The van der Waals surface area contributed by atoms with Crippen molar-refractivity contribution in [3.63, 3.8) is 0 Å². The fourth-order valence-corrected chi connectivity index (χ4v) is 2.16. The summed E-state index contributed by atoms with van der Waals surface area (Å²) in [5, 5.41) is 5.92. The van der Waals surface area contributed by atoms with E-state index >= 15 is 0 Å². The third kappa shape index (κ3) is 6.49. The first-order valence-electron chi connectivity index (χ1n) is 8.31. The fourth-order valence-electron chi connectivity index (χ4n) is 2.16. The van der Waals surface area contributed by atoms with E-state index in [1.807, 2.05) is 36.4 Å². The van der Waals surface area contributed by atoms with E-state index in [1.165, 1.54) is 0 Å². The van der Waals surface area contributed by atoms with E-state index in [2.05, 4.69) is 17.2 Å². The number of ether oxygens (including phenoxy) is 3. The molecule has 0 saturated carbocycles. The Balaban J connectivity index is 1.87. The monoisotopic (exact) mass is 356 g/mol. The smallest absolute Gasteiger partial charge is 0.243 e. The molecule has 0 aliphatic rings. The van der Waals surface area contributed by atoms with Crippen molar-refractivity contribution in [3.05, 3.63) is 61.2 Å². The highest BCUT2D eigenvalue weighted by Gasteiger charge is 2.07. The van der Waals surface area contributed by atoms with Gasteiger partial charge in [-0.2, -0.15) is 0 Å². The van der Waals surface area contributed by atoms with Crippen LogP contribution in [0.25, 0.3) is 0 Å². The number of carbonyl (C=O) groups is 1. The molecule has 2 aromatic rings. The summed E-state index contributed by atoms with van der Waals surface area (Å²) in [5.41, 5.74) is 1.42. The molecule has 0 unspecified atom stereocenters. The van der Waals surface area contributed by atoms with Crippen LogP contribution in [0, 0.1) is 0 Å². The van der Waals surface area contributed by atoms with Gasteiger partial charge in [0.15, 0.2) is 0 Å². The average molecular weight is 356 g/mol. The summed E-state index contributed by atoms with van der Waals surface area (Å²) < 4.78 is 16.0. The minimum absolute atomic E-state index is 0.122. The molecule has 2 rings (SSSR count). The van der Waals surface area contributed by atoms with E-state index in [4.69, 9.17) is 14.2 Å². The molecule has 26 heavy (non-hydrogen) atoms. The van der Waals surface area contributed by atoms with Gasteiger partial charge in [0.25, 0.3) is 0 Å². The van der Waals surface area contributed by atoms with Crippen LogP contribution in [-0.2, 0) is 9.53 Å². The Labute approximate surface area is 153 Å². The van der Waals surface area contributed by atoms with Crippen molar-refractivity contribution in [2.24, 2.45) is 0 Å². The molecule has 0 atom stereocenters. The molecule has 0 saturated heterocycles. The lowest BCUT2D eigenvalue weighted by Gasteiger charge is -2.12. The van der Waals surface area contributed by atoms with Crippen molar-refractivity contribution in [2.75, 3.05) is 44.1 Å². The van der Waals surface area contributed by atoms with Gasteiger partial charge in [-0.15, -0.1) is 0 Å². The van der Waals surface area contributed by atoms with Crippen LogP contribution in [-0.4, -0.2) is 39.4 Å². The first-order valence-corrected chi connectivity index (χ1v) is 8.31. The van der Waals surface area contributed by atoms with E-state index < -0.39 is 0 Å². The van der Waals surface area contributed by atoms with Crippen LogP contribution in [0.5, 0.6) is 11.5 Å². The van der Waals surface area contributed by atoms with Gasteiger partial charge in [0.2, 0.25) is 5.91 Å². The summed E-state index contributed by atoms with van der Waals surface area (Å²) in [5.74, 6) is 1.15. The lowest BCUT2D eigenvalue weighted by molar-refractivity contribution is -0.114. The van der Waals surface area contributed by atoms with E-state index in [0.717, 1.165) is 11.4 Å². The Kier molecular flexibility index (Phi) is 8.02. The standard InChI is InChI=1S/C20H24N2O4/c1-3-11-26-19-10-5-4-9-18(19)22-20(23)15-21-16-7-6-8-17(14-16)25-13-12-24-2/h3-10,14,21H,1,11-13,15H2,2H3,(H,22,23). The third-order valence-electron chi connectivity index (χ3n) is 3.36. The van der Waals surface area contributed by atoms with Gasteiger partial charge in [-0.25, -0.2) is 0 Å². The van der Waals surface area contributed by atoms with Gasteiger partial charge in [-0.05, 0) is 24.3 Å². The van der Waals surface area contributed by atoms with Crippen LogP contribution in [0.15, 0.2) is 61.2 Å². The first-order chi connectivity index (χ1) is 12.7. The lowest BCUT2D eigenvalue weighted by atomic mass is 10.3. The summed E-state index contributed by atoms with van der Waals surface area (Å²) in [4.78, 5) is 12.2. The molecule has 6 heteroatoms. The van der Waals surface area contributed by atoms with Crippen LogP contribution >= 0.6 is 0 Å². The number of rotatable bonds is 11. The highest BCUT2D eigenvalue weighted by Crippen LogP contribution is 2.23.